The summed E-state index contributed by atoms with van der Waals surface area (Å²) in [5.74, 6) is 0. The molecule has 0 aliphatic carbocycles. The van der Waals surface area contributed by atoms with Gasteiger partial charge in [0.1, 0.15) is 0 Å². The molecule has 27 heavy (non-hydrogen) atoms. The molecular formula is C23H29N3O. The van der Waals surface area contributed by atoms with Gasteiger partial charge in [-0.1, -0.05) is 66.7 Å². The quantitative estimate of drug-likeness (QED) is 0.496. The van der Waals surface area contributed by atoms with Gasteiger partial charge in [0.25, 0.3) is 0 Å². The van der Waals surface area contributed by atoms with Crippen molar-refractivity contribution in [2.24, 2.45) is 11.5 Å². The van der Waals surface area contributed by atoms with Gasteiger partial charge in [0.15, 0.2) is 0 Å². The number of nitrogens with two attached hydrogens (primary N) is 2. The number of fused-ring (bicyclic) bond motifs is 1. The van der Waals surface area contributed by atoms with Crippen LogP contribution in [-0.4, -0.2) is 29.8 Å². The maximum absolute atomic E-state index is 10.5. The second-order valence-electron chi connectivity index (χ2n) is 7.27. The summed E-state index contributed by atoms with van der Waals surface area (Å²) >= 11 is 0. The molecule has 0 bridgehead atoms. The van der Waals surface area contributed by atoms with Gasteiger partial charge in [-0.3, -0.25) is 0 Å². The molecule has 3 rings (SSSR count). The van der Waals surface area contributed by atoms with Gasteiger partial charge in [-0.15, -0.1) is 0 Å². The number of hydrogen-bond acceptors (Lipinski definition) is 4. The molecule has 0 radical (unpaired) electrons. The van der Waals surface area contributed by atoms with E-state index in [0.717, 1.165) is 11.1 Å². The predicted molar refractivity (Wildman–Crippen MR) is 112 cm³/mol. The molecule has 0 heterocycles. The van der Waals surface area contributed by atoms with Crippen LogP contribution in [0.2, 0.25) is 0 Å². The van der Waals surface area contributed by atoms with Gasteiger partial charge in [-0.25, -0.2) is 0 Å². The standard InChI is InChI=1S/C23H29N3O/c1-16(24)23(20-12-11-18-9-5-6-10-19(18)14-20)26-15-22(27)21(25)13-17-7-3-2-4-8-17/h2-12,14,16,21-23,26-27H,13,15,24-25H2,1H3/t16?,21-,22-,23?/m0/s1. The third kappa shape index (κ3) is 5.15. The maximum Gasteiger partial charge on any atom is 0.0818 e. The van der Waals surface area contributed by atoms with E-state index in [4.69, 9.17) is 11.5 Å². The van der Waals surface area contributed by atoms with Crippen molar-refractivity contribution >= 4 is 10.8 Å². The third-order valence-corrected chi connectivity index (χ3v) is 5.01. The summed E-state index contributed by atoms with van der Waals surface area (Å²) in [6, 6.07) is 24.2. The van der Waals surface area contributed by atoms with Crippen molar-refractivity contribution in [3.63, 3.8) is 0 Å². The molecule has 2 unspecified atom stereocenters. The lowest BCUT2D eigenvalue weighted by Crippen LogP contribution is -2.46. The maximum atomic E-state index is 10.5. The molecule has 4 nitrogen and oxygen atoms in total. The van der Waals surface area contributed by atoms with E-state index in [9.17, 15) is 5.11 Å². The molecule has 142 valence electrons. The highest BCUT2D eigenvalue weighted by Gasteiger charge is 2.20. The molecule has 0 aliphatic rings. The van der Waals surface area contributed by atoms with Gasteiger partial charge in [0.05, 0.1) is 6.10 Å². The number of aliphatic hydroxyl groups excluding tert-OH is 1. The van der Waals surface area contributed by atoms with Gasteiger partial charge in [-0.05, 0) is 41.3 Å². The van der Waals surface area contributed by atoms with Crippen LogP contribution in [0, 0.1) is 0 Å². The van der Waals surface area contributed by atoms with E-state index >= 15 is 0 Å². The fourth-order valence-electron chi connectivity index (χ4n) is 3.43. The van der Waals surface area contributed by atoms with Crippen molar-refractivity contribution in [1.29, 1.82) is 0 Å². The van der Waals surface area contributed by atoms with Crippen molar-refractivity contribution in [3.05, 3.63) is 83.9 Å². The highest BCUT2D eigenvalue weighted by atomic mass is 16.3. The van der Waals surface area contributed by atoms with E-state index in [0.29, 0.717) is 13.0 Å². The molecule has 0 amide bonds. The first-order valence-electron chi connectivity index (χ1n) is 9.50. The molecule has 0 aromatic heterocycles. The summed E-state index contributed by atoms with van der Waals surface area (Å²) in [6.45, 7) is 2.37. The minimum absolute atomic E-state index is 0.0480. The highest BCUT2D eigenvalue weighted by molar-refractivity contribution is 5.83. The Morgan fingerprint density at radius 2 is 1.56 bits per heavy atom. The predicted octanol–water partition coefficient (Wildman–Crippen LogP) is 2.75. The van der Waals surface area contributed by atoms with Crippen LogP contribution in [0.25, 0.3) is 10.8 Å². The Balaban J connectivity index is 1.65. The topological polar surface area (TPSA) is 84.3 Å². The van der Waals surface area contributed by atoms with E-state index in [1.165, 1.54) is 10.8 Å². The molecule has 6 N–H and O–H groups in total. The Kier molecular flexibility index (Phi) is 6.58. The average Bonchev–Trinajstić information content (AvgIpc) is 2.68. The first kappa shape index (κ1) is 19.5. The number of rotatable bonds is 8. The molecule has 4 atom stereocenters. The first-order chi connectivity index (χ1) is 13.0. The lowest BCUT2D eigenvalue weighted by atomic mass is 9.97. The normalized spacial score (nSPS) is 16.0. The second-order valence-corrected chi connectivity index (χ2v) is 7.27. The van der Waals surface area contributed by atoms with Gasteiger partial charge < -0.3 is 21.9 Å². The van der Waals surface area contributed by atoms with Crippen molar-refractivity contribution in [2.75, 3.05) is 6.54 Å². The van der Waals surface area contributed by atoms with Gasteiger partial charge >= 0.3 is 0 Å². The van der Waals surface area contributed by atoms with E-state index in [-0.39, 0.29) is 18.1 Å². The molecule has 0 fully saturated rings. The zero-order valence-corrected chi connectivity index (χ0v) is 15.8. The average molecular weight is 364 g/mol. The van der Waals surface area contributed by atoms with Crippen molar-refractivity contribution < 1.29 is 5.11 Å². The lowest BCUT2D eigenvalue weighted by Gasteiger charge is -2.27. The number of benzene rings is 3. The largest absolute Gasteiger partial charge is 0.390 e. The second kappa shape index (κ2) is 9.11. The van der Waals surface area contributed by atoms with Crippen LogP contribution >= 0.6 is 0 Å². The van der Waals surface area contributed by atoms with Gasteiger partial charge in [0, 0.05) is 24.7 Å². The molecule has 3 aromatic carbocycles. The van der Waals surface area contributed by atoms with E-state index in [1.807, 2.05) is 49.4 Å². The minimum Gasteiger partial charge on any atom is -0.390 e. The highest BCUT2D eigenvalue weighted by Crippen LogP contribution is 2.22. The Bertz CT molecular complexity index is 850. The van der Waals surface area contributed by atoms with Crippen LogP contribution in [-0.2, 0) is 6.42 Å². The van der Waals surface area contributed by atoms with Crippen LogP contribution in [0.5, 0.6) is 0 Å². The molecule has 4 heteroatoms. The van der Waals surface area contributed by atoms with Crippen LogP contribution in [0.3, 0.4) is 0 Å². The van der Waals surface area contributed by atoms with Crippen molar-refractivity contribution in [3.8, 4) is 0 Å². The van der Waals surface area contributed by atoms with Crippen molar-refractivity contribution in [1.82, 2.24) is 5.32 Å². The van der Waals surface area contributed by atoms with Crippen LogP contribution in [0.15, 0.2) is 72.8 Å². The Labute approximate surface area is 161 Å². The summed E-state index contributed by atoms with van der Waals surface area (Å²) < 4.78 is 0. The Morgan fingerprint density at radius 3 is 2.26 bits per heavy atom. The van der Waals surface area contributed by atoms with Crippen molar-refractivity contribution in [2.45, 2.75) is 37.6 Å². The fraction of sp³-hybridized carbons (Fsp3) is 0.304. The van der Waals surface area contributed by atoms with Gasteiger partial charge in [0.2, 0.25) is 0 Å². The molecule has 0 spiro atoms. The summed E-state index contributed by atoms with van der Waals surface area (Å²) in [7, 11) is 0. The molecule has 0 saturated carbocycles. The molecular weight excluding hydrogens is 334 g/mol. The summed E-state index contributed by atoms with van der Waals surface area (Å²) in [6.07, 6.45) is -0.00500. The zero-order valence-electron chi connectivity index (χ0n) is 15.8. The number of aliphatic hydroxyl groups is 1. The number of hydrogen-bond donors (Lipinski definition) is 4. The monoisotopic (exact) mass is 363 g/mol. The van der Waals surface area contributed by atoms with E-state index < -0.39 is 6.10 Å². The summed E-state index contributed by atoms with van der Waals surface area (Å²) in [5, 5.41) is 16.3. The molecule has 0 aliphatic heterocycles. The van der Waals surface area contributed by atoms with Crippen LogP contribution in [0.1, 0.15) is 24.1 Å². The molecule has 0 saturated heterocycles. The van der Waals surface area contributed by atoms with Crippen LogP contribution in [0.4, 0.5) is 0 Å². The van der Waals surface area contributed by atoms with E-state index in [1.54, 1.807) is 0 Å². The minimum atomic E-state index is -0.646. The molecule has 3 aromatic rings. The Hall–Kier alpha value is -2.24. The van der Waals surface area contributed by atoms with Crippen LogP contribution < -0.4 is 16.8 Å². The smallest absolute Gasteiger partial charge is 0.0818 e. The van der Waals surface area contributed by atoms with Gasteiger partial charge in [-0.2, -0.15) is 0 Å². The first-order valence-corrected chi connectivity index (χ1v) is 9.50. The Morgan fingerprint density at radius 1 is 0.889 bits per heavy atom. The number of nitrogens with one attached hydrogen (secondary N) is 1. The lowest BCUT2D eigenvalue weighted by molar-refractivity contribution is 0.136. The SMILES string of the molecule is CC(N)C(NC[C@H](O)[C@@H](N)Cc1ccccc1)c1ccc2ccccc2c1. The van der Waals surface area contributed by atoms with E-state index in [2.05, 4.69) is 35.6 Å². The fourth-order valence-corrected chi connectivity index (χ4v) is 3.43. The zero-order chi connectivity index (χ0) is 19.2. The summed E-state index contributed by atoms with van der Waals surface area (Å²) in [5.41, 5.74) is 14.7. The third-order valence-electron chi connectivity index (χ3n) is 5.01. The summed E-state index contributed by atoms with van der Waals surface area (Å²) in [4.78, 5) is 0.